The van der Waals surface area contributed by atoms with Gasteiger partial charge in [-0.05, 0) is 68.8 Å². The van der Waals surface area contributed by atoms with Gasteiger partial charge in [-0.3, -0.25) is 0 Å². The summed E-state index contributed by atoms with van der Waals surface area (Å²) in [6, 6.07) is 30.3. The van der Waals surface area contributed by atoms with Crippen LogP contribution >= 0.6 is 23.2 Å². The van der Waals surface area contributed by atoms with Gasteiger partial charge in [-0.1, -0.05) is 97.7 Å². The molecule has 0 unspecified atom stereocenters. The van der Waals surface area contributed by atoms with Crippen LogP contribution < -0.4 is 0 Å². The number of halogens is 2. The van der Waals surface area contributed by atoms with E-state index in [1.165, 1.54) is 44.5 Å². The van der Waals surface area contributed by atoms with E-state index in [1.54, 1.807) is 0 Å². The lowest BCUT2D eigenvalue weighted by atomic mass is 9.55. The van der Waals surface area contributed by atoms with Crippen LogP contribution in [0.4, 0.5) is 0 Å². The molecule has 0 N–H and O–H groups in total. The molecule has 0 saturated heterocycles. The Balaban J connectivity index is 1.89. The Kier molecular flexibility index (Phi) is 3.65. The normalized spacial score (nSPS) is 16.5. The first-order valence-corrected chi connectivity index (χ1v) is 11.0. The van der Waals surface area contributed by atoms with Gasteiger partial charge in [0.05, 0.1) is 5.41 Å². The van der Waals surface area contributed by atoms with Crippen LogP contribution in [0.1, 0.15) is 47.2 Å². The Labute approximate surface area is 187 Å². The third-order valence-corrected chi connectivity index (χ3v) is 7.54. The maximum Gasteiger partial charge on any atom is 0.0720 e. The van der Waals surface area contributed by atoms with Gasteiger partial charge in [0.1, 0.15) is 0 Å². The third kappa shape index (κ3) is 2.09. The Bertz CT molecular complexity index is 1240. The second kappa shape index (κ2) is 6.00. The largest absolute Gasteiger partial charge is 0.0843 e. The van der Waals surface area contributed by atoms with E-state index >= 15 is 0 Å². The summed E-state index contributed by atoms with van der Waals surface area (Å²) in [5, 5.41) is 1.51. The molecule has 0 aliphatic heterocycles. The molecule has 0 radical (unpaired) electrons. The highest BCUT2D eigenvalue weighted by atomic mass is 35.5. The Morgan fingerprint density at radius 3 is 1.33 bits per heavy atom. The minimum absolute atomic E-state index is 0.0987. The molecule has 30 heavy (non-hydrogen) atoms. The standard InChI is InChI=1S/C28H20Cl2/c1-27(2)21-7-3-5-9-23(21)28(24-10-6-4-8-22(24)27)25-15-17(29)11-13-19(25)20-14-12-18(30)16-26(20)28/h3-16H,1-2H3. The number of hydrogen-bond donors (Lipinski definition) is 0. The smallest absolute Gasteiger partial charge is 0.0720 e. The minimum atomic E-state index is -0.427. The monoisotopic (exact) mass is 426 g/mol. The lowest BCUT2D eigenvalue weighted by molar-refractivity contribution is 0.563. The highest BCUT2D eigenvalue weighted by molar-refractivity contribution is 6.31. The molecule has 0 amide bonds. The first kappa shape index (κ1) is 18.2. The fourth-order valence-corrected chi connectivity index (χ4v) is 6.19. The van der Waals surface area contributed by atoms with Gasteiger partial charge in [-0.2, -0.15) is 0 Å². The van der Waals surface area contributed by atoms with E-state index in [4.69, 9.17) is 23.2 Å². The molecule has 146 valence electrons. The zero-order valence-corrected chi connectivity index (χ0v) is 18.4. The fraction of sp³-hybridized carbons (Fsp3) is 0.143. The second-order valence-electron chi connectivity index (χ2n) is 8.85. The zero-order valence-electron chi connectivity index (χ0n) is 16.8. The van der Waals surface area contributed by atoms with Gasteiger partial charge in [-0.25, -0.2) is 0 Å². The van der Waals surface area contributed by atoms with Crippen LogP contribution in [0.25, 0.3) is 11.1 Å². The van der Waals surface area contributed by atoms with Crippen molar-refractivity contribution >= 4 is 23.2 Å². The van der Waals surface area contributed by atoms with Crippen molar-refractivity contribution in [2.75, 3.05) is 0 Å². The molecule has 0 saturated carbocycles. The molecule has 4 aromatic rings. The third-order valence-electron chi connectivity index (χ3n) is 7.07. The summed E-state index contributed by atoms with van der Waals surface area (Å²) in [4.78, 5) is 0. The Morgan fingerprint density at radius 2 is 0.900 bits per heavy atom. The van der Waals surface area contributed by atoms with Crippen LogP contribution in [0.3, 0.4) is 0 Å². The van der Waals surface area contributed by atoms with Crippen molar-refractivity contribution in [3.63, 3.8) is 0 Å². The summed E-state index contributed by atoms with van der Waals surface area (Å²) in [7, 11) is 0. The van der Waals surface area contributed by atoms with Crippen LogP contribution in [0, 0.1) is 0 Å². The van der Waals surface area contributed by atoms with Crippen molar-refractivity contribution in [1.29, 1.82) is 0 Å². The predicted octanol–water partition coefficient (Wildman–Crippen LogP) is 8.00. The molecule has 1 spiro atoms. The van der Waals surface area contributed by atoms with Crippen LogP contribution in [-0.2, 0) is 10.8 Å². The van der Waals surface area contributed by atoms with E-state index in [0.717, 1.165) is 10.0 Å². The molecule has 2 aliphatic rings. The van der Waals surface area contributed by atoms with E-state index in [0.29, 0.717) is 0 Å². The van der Waals surface area contributed by atoms with Crippen LogP contribution in [0.2, 0.25) is 10.0 Å². The van der Waals surface area contributed by atoms with Crippen molar-refractivity contribution in [3.05, 3.63) is 128 Å². The summed E-state index contributed by atoms with van der Waals surface area (Å²) in [5.41, 5.74) is 9.75. The van der Waals surface area contributed by atoms with Crippen LogP contribution in [0.15, 0.2) is 84.9 Å². The van der Waals surface area contributed by atoms with Gasteiger partial charge in [0, 0.05) is 15.5 Å². The average molecular weight is 427 g/mol. The second-order valence-corrected chi connectivity index (χ2v) is 9.72. The highest BCUT2D eigenvalue weighted by Gasteiger charge is 2.53. The van der Waals surface area contributed by atoms with E-state index < -0.39 is 5.41 Å². The SMILES string of the molecule is CC1(C)c2ccccc2C2(c3cc(Cl)ccc3-c3ccc(Cl)cc32)c2ccccc21. The van der Waals surface area contributed by atoms with E-state index in [2.05, 4.69) is 86.6 Å². The summed E-state index contributed by atoms with van der Waals surface area (Å²) < 4.78 is 0. The van der Waals surface area contributed by atoms with Gasteiger partial charge in [0.25, 0.3) is 0 Å². The predicted molar refractivity (Wildman–Crippen MR) is 126 cm³/mol. The van der Waals surface area contributed by atoms with Crippen molar-refractivity contribution in [3.8, 4) is 11.1 Å². The molecule has 2 heteroatoms. The molecular formula is C28H20Cl2. The zero-order chi connectivity index (χ0) is 20.7. The van der Waals surface area contributed by atoms with E-state index in [1.807, 2.05) is 12.1 Å². The number of hydrogen-bond acceptors (Lipinski definition) is 0. The maximum absolute atomic E-state index is 6.58. The first-order chi connectivity index (χ1) is 14.5. The number of benzene rings is 4. The molecule has 0 atom stereocenters. The number of rotatable bonds is 0. The van der Waals surface area contributed by atoms with Crippen LogP contribution in [-0.4, -0.2) is 0 Å². The quantitative estimate of drug-likeness (QED) is 0.235. The Morgan fingerprint density at radius 1 is 0.500 bits per heavy atom. The van der Waals surface area contributed by atoms with E-state index in [9.17, 15) is 0 Å². The molecule has 6 rings (SSSR count). The molecule has 2 aliphatic carbocycles. The average Bonchev–Trinajstić information content (AvgIpc) is 3.02. The lowest BCUT2D eigenvalue weighted by Gasteiger charge is -2.46. The highest BCUT2D eigenvalue weighted by Crippen LogP contribution is 2.62. The van der Waals surface area contributed by atoms with Crippen molar-refractivity contribution < 1.29 is 0 Å². The van der Waals surface area contributed by atoms with Gasteiger partial charge in [-0.15, -0.1) is 0 Å². The molecule has 0 nitrogen and oxygen atoms in total. The topological polar surface area (TPSA) is 0 Å². The van der Waals surface area contributed by atoms with Crippen molar-refractivity contribution in [1.82, 2.24) is 0 Å². The van der Waals surface area contributed by atoms with Gasteiger partial charge in [0.15, 0.2) is 0 Å². The molecule has 0 heterocycles. The maximum atomic E-state index is 6.58. The van der Waals surface area contributed by atoms with Crippen LogP contribution in [0.5, 0.6) is 0 Å². The molecule has 4 aromatic carbocycles. The first-order valence-electron chi connectivity index (χ1n) is 10.3. The van der Waals surface area contributed by atoms with Gasteiger partial charge >= 0.3 is 0 Å². The molecule has 0 fully saturated rings. The number of fused-ring (bicyclic) bond motifs is 9. The van der Waals surface area contributed by atoms with Crippen molar-refractivity contribution in [2.45, 2.75) is 24.7 Å². The summed E-state index contributed by atoms with van der Waals surface area (Å²) in [6.45, 7) is 4.65. The van der Waals surface area contributed by atoms with Gasteiger partial charge < -0.3 is 0 Å². The summed E-state index contributed by atoms with van der Waals surface area (Å²) >= 11 is 13.2. The summed E-state index contributed by atoms with van der Waals surface area (Å²) in [6.07, 6.45) is 0. The minimum Gasteiger partial charge on any atom is -0.0843 e. The van der Waals surface area contributed by atoms with Crippen molar-refractivity contribution in [2.24, 2.45) is 0 Å². The molecule has 0 bridgehead atoms. The Hall–Kier alpha value is -2.54. The summed E-state index contributed by atoms with van der Waals surface area (Å²) in [5.74, 6) is 0. The fourth-order valence-electron chi connectivity index (χ4n) is 5.85. The van der Waals surface area contributed by atoms with E-state index in [-0.39, 0.29) is 5.41 Å². The molecular weight excluding hydrogens is 407 g/mol. The molecule has 0 aromatic heterocycles. The van der Waals surface area contributed by atoms with Gasteiger partial charge in [0.2, 0.25) is 0 Å². The lowest BCUT2D eigenvalue weighted by Crippen LogP contribution is -2.40.